The molecule has 1 rings (SSSR count). The summed E-state index contributed by atoms with van der Waals surface area (Å²) in [4.78, 5) is 12.5. The van der Waals surface area contributed by atoms with E-state index in [1.165, 1.54) is 103 Å². The van der Waals surface area contributed by atoms with Crippen LogP contribution in [0.5, 0.6) is 0 Å². The monoisotopic (exact) mass is 626 g/mol. The summed E-state index contributed by atoms with van der Waals surface area (Å²) >= 11 is 0. The van der Waals surface area contributed by atoms with Crippen molar-refractivity contribution in [3.63, 3.8) is 0 Å². The van der Waals surface area contributed by atoms with Crippen molar-refractivity contribution in [1.82, 2.24) is 5.32 Å². The lowest BCUT2D eigenvalue weighted by Crippen LogP contribution is -2.38. The van der Waals surface area contributed by atoms with E-state index in [4.69, 9.17) is 13.8 Å². The number of nitrogens with zero attached hydrogens (tertiary/aromatic N) is 1. The van der Waals surface area contributed by atoms with Gasteiger partial charge in [-0.2, -0.15) is 0 Å². The number of ether oxygens (including phenoxy) is 1. The molecule has 2 atom stereocenters. The van der Waals surface area contributed by atoms with Gasteiger partial charge in [0.2, 0.25) is 0 Å². The third-order valence-corrected chi connectivity index (χ3v) is 8.83. The highest BCUT2D eigenvalue weighted by Gasteiger charge is 2.20. The smallest absolute Gasteiger partial charge is 0.268 e. The Morgan fingerprint density at radius 3 is 1.72 bits per heavy atom. The Kier molecular flexibility index (Phi) is 24.7. The molecule has 0 fully saturated rings. The van der Waals surface area contributed by atoms with Gasteiger partial charge in [0.1, 0.15) is 19.3 Å². The van der Waals surface area contributed by atoms with Gasteiger partial charge in [-0.05, 0) is 12.0 Å². The highest BCUT2D eigenvalue weighted by Crippen LogP contribution is 2.39. The van der Waals surface area contributed by atoms with E-state index in [-0.39, 0.29) is 13.2 Å². The van der Waals surface area contributed by atoms with Gasteiger partial charge in [-0.3, -0.25) is 4.57 Å². The summed E-state index contributed by atoms with van der Waals surface area (Å²) in [6.07, 6.45) is 23.6. The summed E-state index contributed by atoms with van der Waals surface area (Å²) in [5.41, 5.74) is 1.13. The van der Waals surface area contributed by atoms with Gasteiger partial charge in [0.15, 0.2) is 0 Å². The minimum absolute atomic E-state index is 0.0919. The molecule has 0 aliphatic rings. The van der Waals surface area contributed by atoms with E-state index in [1.807, 2.05) is 51.5 Å². The van der Waals surface area contributed by atoms with Gasteiger partial charge in [-0.15, -0.1) is 0 Å². The molecule has 0 heterocycles. The van der Waals surface area contributed by atoms with Crippen LogP contribution < -0.4 is 10.2 Å². The SMILES string of the molecule is CCCCCCCCCCCCCCCCCCCCOCC(CNCc1ccccc1)OP(=O)([O-])OCC[N+](C)(C)C. The van der Waals surface area contributed by atoms with Crippen LogP contribution in [0.1, 0.15) is 128 Å². The lowest BCUT2D eigenvalue weighted by atomic mass is 10.0. The van der Waals surface area contributed by atoms with Crippen LogP contribution in [-0.4, -0.2) is 64.6 Å². The fourth-order valence-corrected chi connectivity index (χ4v) is 5.93. The summed E-state index contributed by atoms with van der Waals surface area (Å²) in [5.74, 6) is 0. The maximum atomic E-state index is 12.5. The van der Waals surface area contributed by atoms with Crippen LogP contribution in [0.3, 0.4) is 0 Å². The van der Waals surface area contributed by atoms with Crippen LogP contribution in [0.15, 0.2) is 30.3 Å². The molecule has 0 spiro atoms. The lowest BCUT2D eigenvalue weighted by molar-refractivity contribution is -0.870. The van der Waals surface area contributed by atoms with Crippen LogP contribution >= 0.6 is 7.82 Å². The minimum atomic E-state index is -4.42. The predicted octanol–water partition coefficient (Wildman–Crippen LogP) is 8.41. The summed E-state index contributed by atoms with van der Waals surface area (Å²) in [5, 5.41) is 3.29. The quantitative estimate of drug-likeness (QED) is 0.0506. The standard InChI is InChI=1S/C35H67N2O5P/c1-5-6-7-8-9-10-11-12-13-14-15-16-17-18-19-20-21-25-29-40-33-35(32-36-31-34-26-23-22-24-27-34)42-43(38,39)41-30-28-37(2,3)4/h22-24,26-27,35-36H,5-21,25,28-33H2,1-4H3. The van der Waals surface area contributed by atoms with Crippen LogP contribution in [0, 0.1) is 0 Å². The number of hydrogen-bond acceptors (Lipinski definition) is 6. The molecular weight excluding hydrogens is 559 g/mol. The average molecular weight is 627 g/mol. The van der Waals surface area contributed by atoms with Crippen molar-refractivity contribution in [2.24, 2.45) is 0 Å². The second kappa shape index (κ2) is 26.4. The third kappa shape index (κ3) is 27.3. The number of rotatable bonds is 31. The molecule has 43 heavy (non-hydrogen) atoms. The predicted molar refractivity (Wildman–Crippen MR) is 179 cm³/mol. The van der Waals surface area contributed by atoms with E-state index in [2.05, 4.69) is 12.2 Å². The van der Waals surface area contributed by atoms with Crippen molar-refractivity contribution in [3.8, 4) is 0 Å². The molecule has 252 valence electrons. The first kappa shape index (κ1) is 40.2. The van der Waals surface area contributed by atoms with E-state index < -0.39 is 13.9 Å². The largest absolute Gasteiger partial charge is 0.756 e. The fraction of sp³-hybridized carbons (Fsp3) is 0.829. The molecule has 2 unspecified atom stereocenters. The molecule has 0 aliphatic carbocycles. The lowest BCUT2D eigenvalue weighted by Gasteiger charge is -2.30. The molecule has 0 aromatic heterocycles. The van der Waals surface area contributed by atoms with Crippen LogP contribution in [-0.2, 0) is 24.9 Å². The van der Waals surface area contributed by atoms with Crippen molar-refractivity contribution in [2.75, 3.05) is 54.1 Å². The number of unbranched alkanes of at least 4 members (excludes halogenated alkanes) is 17. The zero-order valence-electron chi connectivity index (χ0n) is 28.4. The third-order valence-electron chi connectivity index (χ3n) is 7.78. The van der Waals surface area contributed by atoms with Crippen LogP contribution in [0.4, 0.5) is 0 Å². The van der Waals surface area contributed by atoms with Gasteiger partial charge in [0.05, 0.1) is 27.7 Å². The van der Waals surface area contributed by atoms with Crippen molar-refractivity contribution in [1.29, 1.82) is 0 Å². The molecule has 0 saturated heterocycles. The molecule has 0 bridgehead atoms. The highest BCUT2D eigenvalue weighted by molar-refractivity contribution is 7.45. The number of nitrogens with one attached hydrogen (secondary N) is 1. The highest BCUT2D eigenvalue weighted by atomic mass is 31.2. The second-order valence-corrected chi connectivity index (χ2v) is 14.6. The van der Waals surface area contributed by atoms with Gasteiger partial charge in [0.25, 0.3) is 7.82 Å². The van der Waals surface area contributed by atoms with Crippen molar-refractivity contribution in [2.45, 2.75) is 135 Å². The van der Waals surface area contributed by atoms with Crippen molar-refractivity contribution < 1.29 is 27.7 Å². The first-order valence-corrected chi connectivity index (χ1v) is 18.9. The molecule has 1 aromatic rings. The van der Waals surface area contributed by atoms with Gasteiger partial charge in [-0.25, -0.2) is 0 Å². The minimum Gasteiger partial charge on any atom is -0.756 e. The summed E-state index contributed by atoms with van der Waals surface area (Å²) in [7, 11) is 1.55. The fourth-order valence-electron chi connectivity index (χ4n) is 5.06. The number of quaternary nitrogens is 1. The van der Waals surface area contributed by atoms with Crippen LogP contribution in [0.2, 0.25) is 0 Å². The van der Waals surface area contributed by atoms with Gasteiger partial charge in [-0.1, -0.05) is 146 Å². The molecular formula is C35H67N2O5P. The molecule has 0 aliphatic heterocycles. The molecule has 1 aromatic carbocycles. The molecule has 7 nitrogen and oxygen atoms in total. The zero-order chi connectivity index (χ0) is 31.5. The number of benzene rings is 1. The van der Waals surface area contributed by atoms with Gasteiger partial charge >= 0.3 is 0 Å². The average Bonchev–Trinajstić information content (AvgIpc) is 2.95. The summed E-state index contributed by atoms with van der Waals surface area (Å²) in [6, 6.07) is 10.0. The van der Waals surface area contributed by atoms with E-state index in [0.717, 1.165) is 18.4 Å². The molecule has 0 radical (unpaired) electrons. The van der Waals surface area contributed by atoms with Crippen LogP contribution in [0.25, 0.3) is 0 Å². The summed E-state index contributed by atoms with van der Waals surface area (Å²) in [6.45, 7) is 4.76. The zero-order valence-corrected chi connectivity index (χ0v) is 29.3. The normalized spacial score (nSPS) is 14.2. The second-order valence-electron chi connectivity index (χ2n) is 13.2. The first-order chi connectivity index (χ1) is 20.7. The Hall–Kier alpha value is -0.790. The Labute approximate surface area is 265 Å². The maximum Gasteiger partial charge on any atom is 0.268 e. The van der Waals surface area contributed by atoms with Gasteiger partial charge < -0.3 is 28.5 Å². The number of phosphoric acid groups is 1. The summed E-state index contributed by atoms with van der Waals surface area (Å²) < 4.78 is 29.5. The van der Waals surface area contributed by atoms with Crippen molar-refractivity contribution in [3.05, 3.63) is 35.9 Å². The van der Waals surface area contributed by atoms with E-state index in [9.17, 15) is 9.46 Å². The van der Waals surface area contributed by atoms with E-state index in [0.29, 0.717) is 30.7 Å². The molecule has 0 saturated carbocycles. The molecule has 0 amide bonds. The van der Waals surface area contributed by atoms with E-state index in [1.54, 1.807) is 0 Å². The van der Waals surface area contributed by atoms with E-state index >= 15 is 0 Å². The number of likely N-dealkylation sites (N-methyl/N-ethyl adjacent to an activating group) is 1. The topological polar surface area (TPSA) is 79.9 Å². The Bertz CT molecular complexity index is 790. The Morgan fingerprint density at radius 1 is 0.744 bits per heavy atom. The molecule has 8 heteroatoms. The first-order valence-electron chi connectivity index (χ1n) is 17.5. The number of hydrogen-bond donors (Lipinski definition) is 1. The Morgan fingerprint density at radius 2 is 1.23 bits per heavy atom. The van der Waals surface area contributed by atoms with Crippen molar-refractivity contribution >= 4 is 7.82 Å². The number of phosphoric ester groups is 1. The molecule has 1 N–H and O–H groups in total. The van der Waals surface area contributed by atoms with Gasteiger partial charge in [0, 0.05) is 19.7 Å². The Balaban J connectivity index is 2.10. The maximum absolute atomic E-state index is 12.5.